The van der Waals surface area contributed by atoms with E-state index >= 15 is 0 Å². The summed E-state index contributed by atoms with van der Waals surface area (Å²) in [5.74, 6) is 1.25. The third-order valence-electron chi connectivity index (χ3n) is 5.22. The van der Waals surface area contributed by atoms with Gasteiger partial charge in [-0.25, -0.2) is 0 Å². The molecule has 1 saturated heterocycles. The van der Waals surface area contributed by atoms with Gasteiger partial charge in [0.1, 0.15) is 0 Å². The zero-order valence-electron chi connectivity index (χ0n) is 15.6. The van der Waals surface area contributed by atoms with Gasteiger partial charge in [0.25, 0.3) is 5.91 Å². The van der Waals surface area contributed by atoms with Crippen molar-refractivity contribution in [2.24, 2.45) is 0 Å². The molecule has 142 valence electrons. The molecule has 0 unspecified atom stereocenters. The van der Waals surface area contributed by atoms with Crippen LogP contribution in [-0.4, -0.2) is 32.3 Å². The van der Waals surface area contributed by atoms with Crippen LogP contribution in [0.3, 0.4) is 0 Å². The lowest BCUT2D eigenvalue weighted by atomic mass is 10.1. The first-order valence-electron chi connectivity index (χ1n) is 9.81. The van der Waals surface area contributed by atoms with Gasteiger partial charge in [0.2, 0.25) is 6.79 Å². The second-order valence-corrected chi connectivity index (χ2v) is 7.14. The first kappa shape index (κ1) is 17.7. The van der Waals surface area contributed by atoms with Crippen LogP contribution >= 0.6 is 0 Å². The SMILES string of the molecule is O=C(NCCCc1ccc(N2CCCCC2)cc1)c1ccc2c(c1)OCO2. The molecule has 0 saturated carbocycles. The van der Waals surface area contributed by atoms with E-state index in [0.29, 0.717) is 23.6 Å². The van der Waals surface area contributed by atoms with Gasteiger partial charge >= 0.3 is 0 Å². The summed E-state index contributed by atoms with van der Waals surface area (Å²) >= 11 is 0. The van der Waals surface area contributed by atoms with Gasteiger partial charge in [-0.1, -0.05) is 12.1 Å². The molecule has 4 rings (SSSR count). The highest BCUT2D eigenvalue weighted by Crippen LogP contribution is 2.32. The summed E-state index contributed by atoms with van der Waals surface area (Å²) < 4.78 is 10.6. The number of nitrogens with zero attached hydrogens (tertiary/aromatic N) is 1. The Morgan fingerprint density at radius 3 is 2.56 bits per heavy atom. The van der Waals surface area contributed by atoms with E-state index in [-0.39, 0.29) is 12.7 Å². The molecule has 5 nitrogen and oxygen atoms in total. The molecule has 2 aliphatic heterocycles. The molecule has 1 fully saturated rings. The van der Waals surface area contributed by atoms with Gasteiger partial charge in [-0.2, -0.15) is 0 Å². The lowest BCUT2D eigenvalue weighted by Crippen LogP contribution is -2.29. The van der Waals surface area contributed by atoms with Crippen LogP contribution < -0.4 is 19.7 Å². The Hall–Kier alpha value is -2.69. The van der Waals surface area contributed by atoms with Crippen LogP contribution in [0.1, 0.15) is 41.6 Å². The number of hydrogen-bond acceptors (Lipinski definition) is 4. The Kier molecular flexibility index (Phi) is 5.47. The van der Waals surface area contributed by atoms with Gasteiger partial charge in [-0.05, 0) is 68.0 Å². The fraction of sp³-hybridized carbons (Fsp3) is 0.409. The monoisotopic (exact) mass is 366 g/mol. The molecule has 2 heterocycles. The van der Waals surface area contributed by atoms with Crippen LogP contribution in [0.25, 0.3) is 0 Å². The second-order valence-electron chi connectivity index (χ2n) is 7.14. The van der Waals surface area contributed by atoms with Crippen LogP contribution in [0.5, 0.6) is 11.5 Å². The zero-order chi connectivity index (χ0) is 18.5. The first-order chi connectivity index (χ1) is 13.3. The highest BCUT2D eigenvalue weighted by atomic mass is 16.7. The minimum absolute atomic E-state index is 0.0752. The van der Waals surface area contributed by atoms with E-state index < -0.39 is 0 Å². The van der Waals surface area contributed by atoms with Crippen molar-refractivity contribution in [3.05, 3.63) is 53.6 Å². The predicted molar refractivity (Wildman–Crippen MR) is 106 cm³/mol. The Bertz CT molecular complexity index is 783. The van der Waals surface area contributed by atoms with Crippen molar-refractivity contribution in [3.63, 3.8) is 0 Å². The molecule has 0 spiro atoms. The molecule has 2 aromatic carbocycles. The molecule has 0 atom stereocenters. The lowest BCUT2D eigenvalue weighted by molar-refractivity contribution is 0.0952. The maximum Gasteiger partial charge on any atom is 0.251 e. The molecular weight excluding hydrogens is 340 g/mol. The number of carbonyl (C=O) groups excluding carboxylic acids is 1. The van der Waals surface area contributed by atoms with Crippen LogP contribution in [0.4, 0.5) is 5.69 Å². The Balaban J connectivity index is 1.22. The molecule has 2 aliphatic rings. The number of aryl methyl sites for hydroxylation is 1. The number of hydrogen-bond donors (Lipinski definition) is 1. The third kappa shape index (κ3) is 4.35. The number of fused-ring (bicyclic) bond motifs is 1. The summed E-state index contributed by atoms with van der Waals surface area (Å²) in [7, 11) is 0. The number of anilines is 1. The second kappa shape index (κ2) is 8.33. The van der Waals surface area contributed by atoms with Gasteiger partial charge in [-0.15, -0.1) is 0 Å². The highest BCUT2D eigenvalue weighted by molar-refractivity contribution is 5.94. The van der Waals surface area contributed by atoms with E-state index in [1.807, 2.05) is 0 Å². The van der Waals surface area contributed by atoms with Crippen molar-refractivity contribution in [2.45, 2.75) is 32.1 Å². The van der Waals surface area contributed by atoms with E-state index in [1.54, 1.807) is 18.2 Å². The van der Waals surface area contributed by atoms with E-state index in [1.165, 1.54) is 43.6 Å². The first-order valence-corrected chi connectivity index (χ1v) is 9.81. The van der Waals surface area contributed by atoms with E-state index in [2.05, 4.69) is 34.5 Å². The Labute approximate surface area is 160 Å². The van der Waals surface area contributed by atoms with Gasteiger partial charge < -0.3 is 19.7 Å². The van der Waals surface area contributed by atoms with Crippen molar-refractivity contribution in [2.75, 3.05) is 31.3 Å². The van der Waals surface area contributed by atoms with Gasteiger partial charge in [-0.3, -0.25) is 4.79 Å². The summed E-state index contributed by atoms with van der Waals surface area (Å²) in [5.41, 5.74) is 3.24. The van der Waals surface area contributed by atoms with Crippen molar-refractivity contribution < 1.29 is 14.3 Å². The number of benzene rings is 2. The fourth-order valence-corrected chi connectivity index (χ4v) is 3.66. The molecular formula is C22H26N2O3. The maximum atomic E-state index is 12.3. The van der Waals surface area contributed by atoms with Crippen LogP contribution in [-0.2, 0) is 6.42 Å². The quantitative estimate of drug-likeness (QED) is 0.791. The van der Waals surface area contributed by atoms with Crippen molar-refractivity contribution in [3.8, 4) is 11.5 Å². The van der Waals surface area contributed by atoms with Gasteiger partial charge in [0, 0.05) is 30.9 Å². The fourth-order valence-electron chi connectivity index (χ4n) is 3.66. The Morgan fingerprint density at radius 2 is 1.74 bits per heavy atom. The number of ether oxygens (including phenoxy) is 2. The summed E-state index contributed by atoms with van der Waals surface area (Å²) in [4.78, 5) is 14.7. The average Bonchev–Trinajstić information content (AvgIpc) is 3.20. The number of amides is 1. The van der Waals surface area contributed by atoms with E-state index in [9.17, 15) is 4.79 Å². The molecule has 0 aromatic heterocycles. The number of nitrogens with one attached hydrogen (secondary N) is 1. The van der Waals surface area contributed by atoms with E-state index in [4.69, 9.17) is 9.47 Å². The minimum Gasteiger partial charge on any atom is -0.454 e. The largest absolute Gasteiger partial charge is 0.454 e. The summed E-state index contributed by atoms with van der Waals surface area (Å²) in [6.45, 7) is 3.22. The predicted octanol–water partition coefficient (Wildman–Crippen LogP) is 3.77. The number of rotatable bonds is 6. The molecule has 0 radical (unpaired) electrons. The lowest BCUT2D eigenvalue weighted by Gasteiger charge is -2.28. The third-order valence-corrected chi connectivity index (χ3v) is 5.22. The molecule has 1 amide bonds. The minimum atomic E-state index is -0.0752. The normalized spacial score (nSPS) is 15.6. The van der Waals surface area contributed by atoms with Gasteiger partial charge in [0.15, 0.2) is 11.5 Å². The summed E-state index contributed by atoms with van der Waals surface area (Å²) in [6.07, 6.45) is 5.82. The standard InChI is InChI=1S/C22H26N2O3/c25-22(18-8-11-20-21(15-18)27-16-26-20)23-12-4-5-17-6-9-19(10-7-17)24-13-2-1-3-14-24/h6-11,15H,1-5,12-14,16H2,(H,23,25). The van der Waals surface area contributed by atoms with E-state index in [0.717, 1.165) is 12.8 Å². The average molecular weight is 366 g/mol. The molecule has 5 heteroatoms. The zero-order valence-corrected chi connectivity index (χ0v) is 15.6. The summed E-state index contributed by atoms with van der Waals surface area (Å²) in [6, 6.07) is 14.2. The number of piperidine rings is 1. The highest BCUT2D eigenvalue weighted by Gasteiger charge is 2.16. The summed E-state index contributed by atoms with van der Waals surface area (Å²) in [5, 5.41) is 2.98. The van der Waals surface area contributed by atoms with Crippen LogP contribution in [0, 0.1) is 0 Å². The van der Waals surface area contributed by atoms with Crippen molar-refractivity contribution in [1.82, 2.24) is 5.32 Å². The molecule has 2 aromatic rings. The van der Waals surface area contributed by atoms with Crippen LogP contribution in [0.15, 0.2) is 42.5 Å². The van der Waals surface area contributed by atoms with Crippen LogP contribution in [0.2, 0.25) is 0 Å². The molecule has 0 aliphatic carbocycles. The molecule has 27 heavy (non-hydrogen) atoms. The molecule has 0 bridgehead atoms. The van der Waals surface area contributed by atoms with Crippen molar-refractivity contribution >= 4 is 11.6 Å². The molecule has 1 N–H and O–H groups in total. The Morgan fingerprint density at radius 1 is 0.963 bits per heavy atom. The number of carbonyl (C=O) groups is 1. The van der Waals surface area contributed by atoms with Crippen molar-refractivity contribution in [1.29, 1.82) is 0 Å². The smallest absolute Gasteiger partial charge is 0.251 e. The van der Waals surface area contributed by atoms with Gasteiger partial charge in [0.05, 0.1) is 0 Å². The maximum absolute atomic E-state index is 12.3. The topological polar surface area (TPSA) is 50.8 Å².